The second-order valence-corrected chi connectivity index (χ2v) is 6.29. The zero-order chi connectivity index (χ0) is 19.5. The average Bonchev–Trinajstić information content (AvgIpc) is 3.29. The Morgan fingerprint density at radius 3 is 2.71 bits per heavy atom. The standard InChI is InChI=1S/C19H14ClN3O5/c20-13-6-2-1-5-12(13)18-22-21-16(28-18)11-26-17(24)9-10-23-14-7-3-4-8-15(14)27-19(23)25/h1-8H,9-11H2. The number of benzene rings is 2. The van der Waals surface area contributed by atoms with Gasteiger partial charge in [-0.2, -0.15) is 0 Å². The molecule has 0 amide bonds. The normalized spacial score (nSPS) is 11.0. The summed E-state index contributed by atoms with van der Waals surface area (Å²) >= 11 is 6.09. The Morgan fingerprint density at radius 1 is 1.07 bits per heavy atom. The molecular formula is C19H14ClN3O5. The van der Waals surface area contributed by atoms with Gasteiger partial charge in [-0.15, -0.1) is 10.2 Å². The Balaban J connectivity index is 1.36. The van der Waals surface area contributed by atoms with Crippen molar-refractivity contribution in [3.8, 4) is 11.5 Å². The van der Waals surface area contributed by atoms with Crippen LogP contribution in [0.4, 0.5) is 0 Å². The Kier molecular flexibility index (Phi) is 4.94. The van der Waals surface area contributed by atoms with Crippen LogP contribution < -0.4 is 5.76 Å². The van der Waals surface area contributed by atoms with Crippen molar-refractivity contribution in [1.82, 2.24) is 14.8 Å². The van der Waals surface area contributed by atoms with Gasteiger partial charge < -0.3 is 13.6 Å². The number of hydrogen-bond acceptors (Lipinski definition) is 7. The van der Waals surface area contributed by atoms with E-state index in [9.17, 15) is 9.59 Å². The van der Waals surface area contributed by atoms with Crippen molar-refractivity contribution in [3.05, 3.63) is 70.0 Å². The number of aryl methyl sites for hydroxylation is 1. The van der Waals surface area contributed by atoms with Crippen LogP contribution in [0.1, 0.15) is 12.3 Å². The minimum absolute atomic E-state index is 0.00502. The van der Waals surface area contributed by atoms with Gasteiger partial charge in [0.15, 0.2) is 12.2 Å². The van der Waals surface area contributed by atoms with E-state index < -0.39 is 11.7 Å². The quantitative estimate of drug-likeness (QED) is 0.458. The molecule has 2 aromatic carbocycles. The van der Waals surface area contributed by atoms with Crippen LogP contribution in [-0.4, -0.2) is 20.7 Å². The van der Waals surface area contributed by atoms with E-state index in [1.165, 1.54) is 4.57 Å². The molecule has 0 spiro atoms. The van der Waals surface area contributed by atoms with Gasteiger partial charge in [0, 0.05) is 6.54 Å². The van der Waals surface area contributed by atoms with Crippen molar-refractivity contribution >= 4 is 28.7 Å². The number of nitrogens with zero attached hydrogens (tertiary/aromatic N) is 3. The predicted molar refractivity (Wildman–Crippen MR) is 99.6 cm³/mol. The number of carbonyl (C=O) groups is 1. The van der Waals surface area contributed by atoms with Gasteiger partial charge in [-0.05, 0) is 24.3 Å². The summed E-state index contributed by atoms with van der Waals surface area (Å²) < 4.78 is 17.1. The van der Waals surface area contributed by atoms with Gasteiger partial charge in [0.25, 0.3) is 5.89 Å². The second kappa shape index (κ2) is 7.69. The third kappa shape index (κ3) is 3.67. The monoisotopic (exact) mass is 399 g/mol. The molecule has 28 heavy (non-hydrogen) atoms. The lowest BCUT2D eigenvalue weighted by atomic mass is 10.2. The van der Waals surface area contributed by atoms with Gasteiger partial charge >= 0.3 is 11.7 Å². The molecule has 4 aromatic rings. The van der Waals surface area contributed by atoms with Crippen molar-refractivity contribution in [1.29, 1.82) is 0 Å². The van der Waals surface area contributed by atoms with E-state index >= 15 is 0 Å². The molecule has 8 nitrogen and oxygen atoms in total. The maximum absolute atomic E-state index is 12.0. The maximum atomic E-state index is 12.0. The van der Waals surface area contributed by atoms with E-state index in [2.05, 4.69) is 10.2 Å². The van der Waals surface area contributed by atoms with Crippen molar-refractivity contribution in [2.75, 3.05) is 0 Å². The van der Waals surface area contributed by atoms with E-state index in [1.54, 1.807) is 48.5 Å². The third-order valence-electron chi connectivity index (χ3n) is 4.04. The van der Waals surface area contributed by atoms with E-state index in [0.717, 1.165) is 0 Å². The number of ether oxygens (including phenoxy) is 1. The Hall–Kier alpha value is -3.39. The first-order valence-corrected chi connectivity index (χ1v) is 8.81. The summed E-state index contributed by atoms with van der Waals surface area (Å²) in [6, 6.07) is 14.0. The smallest absolute Gasteiger partial charge is 0.419 e. The number of carbonyl (C=O) groups excluding carboxylic acids is 1. The first-order chi connectivity index (χ1) is 13.6. The lowest BCUT2D eigenvalue weighted by Crippen LogP contribution is -2.17. The molecule has 142 valence electrons. The van der Waals surface area contributed by atoms with Crippen LogP contribution in [0.5, 0.6) is 0 Å². The summed E-state index contributed by atoms with van der Waals surface area (Å²) in [7, 11) is 0. The number of fused-ring (bicyclic) bond motifs is 1. The Labute approximate surface area is 163 Å². The highest BCUT2D eigenvalue weighted by Gasteiger charge is 2.14. The van der Waals surface area contributed by atoms with Crippen molar-refractivity contribution in [2.45, 2.75) is 19.6 Å². The average molecular weight is 400 g/mol. The molecule has 0 N–H and O–H groups in total. The Bertz CT molecular complexity index is 1190. The lowest BCUT2D eigenvalue weighted by molar-refractivity contribution is -0.145. The summed E-state index contributed by atoms with van der Waals surface area (Å²) in [6.45, 7) is -0.0271. The Morgan fingerprint density at radius 2 is 1.86 bits per heavy atom. The number of hydrogen-bond donors (Lipinski definition) is 0. The van der Waals surface area contributed by atoms with Gasteiger partial charge in [-0.3, -0.25) is 9.36 Å². The van der Waals surface area contributed by atoms with E-state index in [4.69, 9.17) is 25.2 Å². The number of oxazole rings is 1. The number of para-hydroxylation sites is 2. The molecule has 0 radical (unpaired) electrons. The molecule has 0 aliphatic carbocycles. The highest BCUT2D eigenvalue weighted by atomic mass is 35.5. The topological polar surface area (TPSA) is 100 Å². The van der Waals surface area contributed by atoms with Gasteiger partial charge in [0.05, 0.1) is 22.5 Å². The first kappa shape index (κ1) is 18.0. The summed E-state index contributed by atoms with van der Waals surface area (Å²) in [5.41, 5.74) is 1.70. The summed E-state index contributed by atoms with van der Waals surface area (Å²) in [5.74, 6) is -0.632. The number of aromatic nitrogens is 3. The van der Waals surface area contributed by atoms with Gasteiger partial charge in [0.1, 0.15) is 0 Å². The zero-order valence-electron chi connectivity index (χ0n) is 14.5. The maximum Gasteiger partial charge on any atom is 0.419 e. The minimum atomic E-state index is -0.518. The van der Waals surface area contributed by atoms with Crippen LogP contribution in [0, 0.1) is 0 Å². The van der Waals surface area contributed by atoms with Crippen LogP contribution in [0.15, 0.2) is 62.2 Å². The van der Waals surface area contributed by atoms with Gasteiger partial charge in [-0.1, -0.05) is 35.9 Å². The molecule has 0 atom stereocenters. The highest BCUT2D eigenvalue weighted by molar-refractivity contribution is 6.33. The summed E-state index contributed by atoms with van der Waals surface area (Å²) in [4.78, 5) is 23.9. The van der Waals surface area contributed by atoms with Gasteiger partial charge in [-0.25, -0.2) is 4.79 Å². The number of esters is 1. The molecule has 0 unspecified atom stereocenters. The first-order valence-electron chi connectivity index (χ1n) is 8.43. The molecule has 0 aliphatic heterocycles. The fourth-order valence-electron chi connectivity index (χ4n) is 2.70. The lowest BCUT2D eigenvalue weighted by Gasteiger charge is -2.03. The van der Waals surface area contributed by atoms with Crippen LogP contribution >= 0.6 is 11.6 Å². The fourth-order valence-corrected chi connectivity index (χ4v) is 2.92. The van der Waals surface area contributed by atoms with E-state index in [1.807, 2.05) is 0 Å². The molecule has 9 heteroatoms. The number of halogens is 1. The molecule has 2 heterocycles. The highest BCUT2D eigenvalue weighted by Crippen LogP contribution is 2.26. The summed E-state index contributed by atoms with van der Waals surface area (Å²) in [6.07, 6.45) is -0.00502. The second-order valence-electron chi connectivity index (χ2n) is 5.88. The van der Waals surface area contributed by atoms with Crippen LogP contribution in [0.25, 0.3) is 22.6 Å². The zero-order valence-corrected chi connectivity index (χ0v) is 15.3. The molecule has 0 saturated carbocycles. The largest absolute Gasteiger partial charge is 0.456 e. The third-order valence-corrected chi connectivity index (χ3v) is 4.37. The fraction of sp³-hybridized carbons (Fsp3) is 0.158. The van der Waals surface area contributed by atoms with E-state index in [-0.39, 0.29) is 31.4 Å². The predicted octanol–water partition coefficient (Wildman–Crippen LogP) is 3.43. The molecule has 0 aliphatic rings. The van der Waals surface area contributed by atoms with Crippen LogP contribution in [0.3, 0.4) is 0 Å². The molecule has 0 saturated heterocycles. The molecule has 4 rings (SSSR count). The molecular weight excluding hydrogens is 386 g/mol. The SMILES string of the molecule is O=C(CCn1c(=O)oc2ccccc21)OCc1nnc(-c2ccccc2Cl)o1. The van der Waals surface area contributed by atoms with Gasteiger partial charge in [0.2, 0.25) is 5.89 Å². The van der Waals surface area contributed by atoms with Crippen molar-refractivity contribution in [3.63, 3.8) is 0 Å². The number of rotatable bonds is 6. The molecule has 2 aromatic heterocycles. The molecule has 0 fully saturated rings. The van der Waals surface area contributed by atoms with Crippen LogP contribution in [-0.2, 0) is 22.7 Å². The molecule has 0 bridgehead atoms. The summed E-state index contributed by atoms with van der Waals surface area (Å²) in [5, 5.41) is 8.23. The van der Waals surface area contributed by atoms with Crippen molar-refractivity contribution in [2.24, 2.45) is 0 Å². The minimum Gasteiger partial charge on any atom is -0.456 e. The van der Waals surface area contributed by atoms with E-state index in [0.29, 0.717) is 21.7 Å². The van der Waals surface area contributed by atoms with Crippen LogP contribution in [0.2, 0.25) is 5.02 Å². The van der Waals surface area contributed by atoms with Crippen molar-refractivity contribution < 1.29 is 18.4 Å².